The number of carbonyl (C=O) groups is 1. The van der Waals surface area contributed by atoms with Crippen LogP contribution in [0.25, 0.3) is 0 Å². The van der Waals surface area contributed by atoms with Crippen LogP contribution < -0.4 is 11.1 Å². The molecule has 0 atom stereocenters. The van der Waals surface area contributed by atoms with Crippen LogP contribution in [0.4, 0.5) is 11.4 Å². The predicted molar refractivity (Wildman–Crippen MR) is 111 cm³/mol. The average molecular weight is 376 g/mol. The van der Waals surface area contributed by atoms with Crippen molar-refractivity contribution in [3.8, 4) is 0 Å². The van der Waals surface area contributed by atoms with Crippen LogP contribution >= 0.6 is 11.6 Å². The van der Waals surface area contributed by atoms with Gasteiger partial charge in [0.05, 0.1) is 6.54 Å². The Morgan fingerprint density at radius 1 is 1.00 bits per heavy atom. The quantitative estimate of drug-likeness (QED) is 0.512. The number of rotatable bonds is 4. The number of nitrogens with one attached hydrogen (secondary N) is 1. The molecule has 1 heterocycles. The summed E-state index contributed by atoms with van der Waals surface area (Å²) in [6.07, 6.45) is 0.757. The fourth-order valence-corrected chi connectivity index (χ4v) is 3.20. The van der Waals surface area contributed by atoms with E-state index in [1.54, 1.807) is 24.3 Å². The van der Waals surface area contributed by atoms with Crippen molar-refractivity contribution in [3.63, 3.8) is 0 Å². The van der Waals surface area contributed by atoms with Gasteiger partial charge in [0.15, 0.2) is 5.78 Å². The largest absolute Gasteiger partial charge is 0.399 e. The molecule has 3 N–H and O–H groups in total. The van der Waals surface area contributed by atoms with Gasteiger partial charge in [-0.15, -0.1) is 0 Å². The summed E-state index contributed by atoms with van der Waals surface area (Å²) < 4.78 is 0. The Labute approximate surface area is 162 Å². The van der Waals surface area contributed by atoms with E-state index in [2.05, 4.69) is 10.3 Å². The van der Waals surface area contributed by atoms with E-state index < -0.39 is 0 Å². The fraction of sp³-hybridized carbons (Fsp3) is 0.0909. The lowest BCUT2D eigenvalue weighted by Crippen LogP contribution is -2.06. The minimum absolute atomic E-state index is 0.0185. The van der Waals surface area contributed by atoms with Crippen LogP contribution in [0, 0.1) is 0 Å². The maximum absolute atomic E-state index is 12.5. The van der Waals surface area contributed by atoms with Gasteiger partial charge in [-0.05, 0) is 53.6 Å². The van der Waals surface area contributed by atoms with Crippen molar-refractivity contribution in [1.82, 2.24) is 0 Å². The van der Waals surface area contributed by atoms with E-state index in [0.717, 1.165) is 34.8 Å². The first-order chi connectivity index (χ1) is 13.1. The van der Waals surface area contributed by atoms with Gasteiger partial charge >= 0.3 is 0 Å². The van der Waals surface area contributed by atoms with Crippen molar-refractivity contribution >= 4 is 34.6 Å². The molecule has 0 fully saturated rings. The molecule has 0 aliphatic carbocycles. The normalized spacial score (nSPS) is 14.0. The molecule has 0 unspecified atom stereocenters. The van der Waals surface area contributed by atoms with E-state index >= 15 is 0 Å². The first-order valence-corrected chi connectivity index (χ1v) is 9.04. The molecular weight excluding hydrogens is 358 g/mol. The van der Waals surface area contributed by atoms with Crippen LogP contribution in [-0.2, 0) is 13.0 Å². The predicted octanol–water partition coefficient (Wildman–Crippen LogP) is 4.72. The summed E-state index contributed by atoms with van der Waals surface area (Å²) in [5, 5.41) is 3.93. The third kappa shape index (κ3) is 3.86. The summed E-state index contributed by atoms with van der Waals surface area (Å²) in [6, 6.07) is 20.3. The van der Waals surface area contributed by atoms with Crippen molar-refractivity contribution < 1.29 is 4.79 Å². The molecular formula is C22H18ClN3O. The van der Waals surface area contributed by atoms with Gasteiger partial charge in [-0.3, -0.25) is 9.79 Å². The molecule has 3 aromatic rings. The molecule has 4 nitrogen and oxygen atoms in total. The van der Waals surface area contributed by atoms with E-state index in [-0.39, 0.29) is 5.78 Å². The van der Waals surface area contributed by atoms with Crippen molar-refractivity contribution in [2.75, 3.05) is 11.1 Å². The summed E-state index contributed by atoms with van der Waals surface area (Å²) in [5.74, 6) is 0.909. The number of hydrogen-bond donors (Lipinski definition) is 2. The highest BCUT2D eigenvalue weighted by Crippen LogP contribution is 2.25. The van der Waals surface area contributed by atoms with Crippen molar-refractivity contribution in [2.45, 2.75) is 13.0 Å². The molecule has 0 saturated heterocycles. The highest BCUT2D eigenvalue weighted by Gasteiger charge is 2.15. The van der Waals surface area contributed by atoms with Crippen LogP contribution in [-0.4, -0.2) is 11.6 Å². The third-order valence-electron chi connectivity index (χ3n) is 4.54. The minimum atomic E-state index is -0.0185. The number of hydrogen-bond acceptors (Lipinski definition) is 3. The number of nitrogen functional groups attached to an aromatic ring is 1. The molecule has 27 heavy (non-hydrogen) atoms. The molecule has 4 rings (SSSR count). The Hall–Kier alpha value is -3.11. The van der Waals surface area contributed by atoms with Gasteiger partial charge in [0.25, 0.3) is 0 Å². The number of aliphatic imine (C=N–C) groups is 1. The maximum Gasteiger partial charge on any atom is 0.193 e. The Bertz CT molecular complexity index is 1020. The lowest BCUT2D eigenvalue weighted by Gasteiger charge is -2.04. The van der Waals surface area contributed by atoms with Gasteiger partial charge in [0, 0.05) is 33.9 Å². The summed E-state index contributed by atoms with van der Waals surface area (Å²) >= 11 is 5.87. The molecule has 0 spiro atoms. The molecule has 0 bridgehead atoms. The summed E-state index contributed by atoms with van der Waals surface area (Å²) in [7, 11) is 0. The molecule has 5 heteroatoms. The van der Waals surface area contributed by atoms with Gasteiger partial charge in [-0.25, -0.2) is 0 Å². The second kappa shape index (κ2) is 7.25. The molecule has 134 valence electrons. The number of nitrogens with zero attached hydrogens (tertiary/aromatic N) is 1. The van der Waals surface area contributed by atoms with Crippen LogP contribution in [0.2, 0.25) is 5.02 Å². The number of carbonyl (C=O) groups excluding carboxylic acids is 1. The second-order valence-corrected chi connectivity index (χ2v) is 6.95. The van der Waals surface area contributed by atoms with E-state index in [4.69, 9.17) is 17.3 Å². The molecule has 0 saturated carbocycles. The molecule has 1 aliphatic heterocycles. The number of amidine groups is 1. The zero-order valence-electron chi connectivity index (χ0n) is 14.6. The van der Waals surface area contributed by atoms with Gasteiger partial charge in [-0.1, -0.05) is 35.9 Å². The lowest BCUT2D eigenvalue weighted by atomic mass is 10.0. The highest BCUT2D eigenvalue weighted by molar-refractivity contribution is 6.30. The van der Waals surface area contributed by atoms with Gasteiger partial charge in [-0.2, -0.15) is 0 Å². The number of nitrogens with two attached hydrogens (primary N) is 1. The van der Waals surface area contributed by atoms with Crippen molar-refractivity contribution in [1.29, 1.82) is 0 Å². The molecule has 0 radical (unpaired) electrons. The lowest BCUT2D eigenvalue weighted by molar-refractivity contribution is 0.103. The Balaban J connectivity index is 1.43. The summed E-state index contributed by atoms with van der Waals surface area (Å²) in [4.78, 5) is 17.1. The number of anilines is 2. The third-order valence-corrected chi connectivity index (χ3v) is 4.79. The Kier molecular flexibility index (Phi) is 4.65. The molecule has 3 aromatic carbocycles. The molecule has 0 aromatic heterocycles. The minimum Gasteiger partial charge on any atom is -0.399 e. The van der Waals surface area contributed by atoms with Crippen LogP contribution in [0.15, 0.2) is 71.7 Å². The van der Waals surface area contributed by atoms with E-state index in [1.165, 1.54) is 0 Å². The van der Waals surface area contributed by atoms with E-state index in [9.17, 15) is 4.79 Å². The van der Waals surface area contributed by atoms with Crippen molar-refractivity contribution in [3.05, 3.63) is 94.0 Å². The van der Waals surface area contributed by atoms with Gasteiger partial charge < -0.3 is 11.1 Å². The molecule has 1 aliphatic rings. The van der Waals surface area contributed by atoms with E-state index in [1.807, 2.05) is 42.5 Å². The Morgan fingerprint density at radius 3 is 2.37 bits per heavy atom. The number of halogens is 1. The monoisotopic (exact) mass is 375 g/mol. The SMILES string of the molecule is Nc1ccc2c(c1)CC(=NCc1ccc(C(=O)c3ccc(Cl)cc3)cc1)N2. The Morgan fingerprint density at radius 2 is 1.67 bits per heavy atom. The van der Waals surface area contributed by atoms with Crippen molar-refractivity contribution in [2.24, 2.45) is 4.99 Å². The topological polar surface area (TPSA) is 67.5 Å². The van der Waals surface area contributed by atoms with Crippen LogP contribution in [0.3, 0.4) is 0 Å². The summed E-state index contributed by atoms with van der Waals surface area (Å²) in [5.41, 5.74) is 11.1. The standard InChI is InChI=1S/C22H18ClN3O/c23-18-7-5-16(6-8-18)22(27)15-3-1-14(2-4-15)13-25-21-12-17-11-19(24)9-10-20(17)26-21/h1-11H,12-13,24H2,(H,25,26). The highest BCUT2D eigenvalue weighted by atomic mass is 35.5. The maximum atomic E-state index is 12.5. The number of benzene rings is 3. The first-order valence-electron chi connectivity index (χ1n) is 8.66. The summed E-state index contributed by atoms with van der Waals surface area (Å²) in [6.45, 7) is 0.557. The van der Waals surface area contributed by atoms with Crippen LogP contribution in [0.1, 0.15) is 27.0 Å². The number of ketones is 1. The second-order valence-electron chi connectivity index (χ2n) is 6.51. The van der Waals surface area contributed by atoms with Crippen LogP contribution in [0.5, 0.6) is 0 Å². The first kappa shape index (κ1) is 17.3. The van der Waals surface area contributed by atoms with Gasteiger partial charge in [0.1, 0.15) is 5.84 Å². The van der Waals surface area contributed by atoms with E-state index in [0.29, 0.717) is 22.7 Å². The zero-order chi connectivity index (χ0) is 18.8. The smallest absolute Gasteiger partial charge is 0.193 e. The zero-order valence-corrected chi connectivity index (χ0v) is 15.3. The van der Waals surface area contributed by atoms with Gasteiger partial charge in [0.2, 0.25) is 0 Å². The molecule has 0 amide bonds. The average Bonchev–Trinajstić information content (AvgIpc) is 3.09. The number of fused-ring (bicyclic) bond motifs is 1. The fourth-order valence-electron chi connectivity index (χ4n) is 3.07.